The number of likely N-dealkylation sites (tertiary alicyclic amines) is 1. The fraction of sp³-hybridized carbons (Fsp3) is 0.632. The number of aryl methyl sites for hydroxylation is 1. The van der Waals surface area contributed by atoms with Gasteiger partial charge in [0.1, 0.15) is 0 Å². The van der Waals surface area contributed by atoms with E-state index in [-0.39, 0.29) is 0 Å². The van der Waals surface area contributed by atoms with Crippen LogP contribution in [-0.4, -0.2) is 37.1 Å². The summed E-state index contributed by atoms with van der Waals surface area (Å²) in [6.07, 6.45) is 8.49. The molecular formula is C19H29NO2. The van der Waals surface area contributed by atoms with Crippen LogP contribution in [0.3, 0.4) is 0 Å². The average Bonchev–Trinajstić information content (AvgIpc) is 2.59. The Kier molecular flexibility index (Phi) is 8.03. The molecule has 2 rings (SSSR count). The highest BCUT2D eigenvalue weighted by atomic mass is 16.5. The maximum absolute atomic E-state index is 12.0. The minimum absolute atomic E-state index is 0.312. The van der Waals surface area contributed by atoms with Crippen molar-refractivity contribution in [3.63, 3.8) is 0 Å². The van der Waals surface area contributed by atoms with Gasteiger partial charge >= 0.3 is 0 Å². The molecular weight excluding hydrogens is 274 g/mol. The van der Waals surface area contributed by atoms with Crippen LogP contribution in [0.5, 0.6) is 0 Å². The molecule has 0 atom stereocenters. The summed E-state index contributed by atoms with van der Waals surface area (Å²) in [5.74, 6) is 0.312. The molecule has 1 aromatic carbocycles. The van der Waals surface area contributed by atoms with Crippen LogP contribution in [0, 0.1) is 0 Å². The van der Waals surface area contributed by atoms with Gasteiger partial charge in [0.2, 0.25) is 5.91 Å². The first-order valence-electron chi connectivity index (χ1n) is 8.76. The Morgan fingerprint density at radius 1 is 0.955 bits per heavy atom. The Morgan fingerprint density at radius 3 is 2.45 bits per heavy atom. The first-order valence-corrected chi connectivity index (χ1v) is 8.76. The van der Waals surface area contributed by atoms with Gasteiger partial charge in [0, 0.05) is 32.7 Å². The van der Waals surface area contributed by atoms with E-state index >= 15 is 0 Å². The van der Waals surface area contributed by atoms with Gasteiger partial charge in [-0.25, -0.2) is 0 Å². The normalized spacial score (nSPS) is 15.0. The van der Waals surface area contributed by atoms with Gasteiger partial charge < -0.3 is 9.64 Å². The molecule has 0 aromatic heterocycles. The van der Waals surface area contributed by atoms with Crippen molar-refractivity contribution in [2.75, 3.05) is 26.3 Å². The van der Waals surface area contributed by atoms with Crippen molar-refractivity contribution >= 4 is 5.91 Å². The minimum Gasteiger partial charge on any atom is -0.381 e. The van der Waals surface area contributed by atoms with Crippen molar-refractivity contribution < 1.29 is 9.53 Å². The molecule has 0 aliphatic carbocycles. The lowest BCUT2D eigenvalue weighted by Gasteiger charge is -2.26. The topological polar surface area (TPSA) is 29.5 Å². The molecule has 0 unspecified atom stereocenters. The Bertz CT molecular complexity index is 413. The van der Waals surface area contributed by atoms with E-state index in [2.05, 4.69) is 30.3 Å². The summed E-state index contributed by atoms with van der Waals surface area (Å²) in [6.45, 7) is 3.44. The Morgan fingerprint density at radius 2 is 1.68 bits per heavy atom. The van der Waals surface area contributed by atoms with Gasteiger partial charge in [-0.3, -0.25) is 4.79 Å². The standard InChI is InChI=1S/C19H29NO2/c21-19(20-14-6-2-7-15-20)13-9-17-22-16-8-5-12-18-10-3-1-4-11-18/h1,3-4,10-11H,2,5-9,12-17H2. The number of carbonyl (C=O) groups is 1. The van der Waals surface area contributed by atoms with Gasteiger partial charge in [-0.1, -0.05) is 30.3 Å². The molecule has 1 fully saturated rings. The largest absolute Gasteiger partial charge is 0.381 e. The van der Waals surface area contributed by atoms with Crippen molar-refractivity contribution in [2.24, 2.45) is 0 Å². The number of hydrogen-bond acceptors (Lipinski definition) is 2. The van der Waals surface area contributed by atoms with Gasteiger partial charge in [-0.05, 0) is 50.5 Å². The van der Waals surface area contributed by atoms with E-state index in [1.165, 1.54) is 24.8 Å². The van der Waals surface area contributed by atoms with E-state index in [1.807, 2.05) is 4.90 Å². The van der Waals surface area contributed by atoms with Crippen molar-refractivity contribution in [2.45, 2.75) is 51.4 Å². The Labute approximate surface area is 134 Å². The third-order valence-corrected chi connectivity index (χ3v) is 4.24. The second-order valence-electron chi connectivity index (χ2n) is 6.10. The van der Waals surface area contributed by atoms with Crippen LogP contribution in [0.15, 0.2) is 30.3 Å². The van der Waals surface area contributed by atoms with E-state index in [0.29, 0.717) is 18.9 Å². The summed E-state index contributed by atoms with van der Waals surface area (Å²) in [5, 5.41) is 0. The molecule has 22 heavy (non-hydrogen) atoms. The second-order valence-corrected chi connectivity index (χ2v) is 6.10. The molecule has 122 valence electrons. The average molecular weight is 303 g/mol. The number of piperidine rings is 1. The number of amides is 1. The van der Waals surface area contributed by atoms with Crippen LogP contribution in [0.1, 0.15) is 50.5 Å². The van der Waals surface area contributed by atoms with Gasteiger partial charge in [-0.15, -0.1) is 0 Å². The SMILES string of the molecule is O=C(CCCOCCCCc1ccccc1)N1CCCCC1. The fourth-order valence-corrected chi connectivity index (χ4v) is 2.91. The van der Waals surface area contributed by atoms with E-state index < -0.39 is 0 Å². The molecule has 0 spiro atoms. The number of unbranched alkanes of at least 4 members (excludes halogenated alkanes) is 1. The van der Waals surface area contributed by atoms with Gasteiger partial charge in [0.25, 0.3) is 0 Å². The summed E-state index contributed by atoms with van der Waals surface area (Å²) in [4.78, 5) is 14.0. The maximum atomic E-state index is 12.0. The fourth-order valence-electron chi connectivity index (χ4n) is 2.91. The molecule has 3 heteroatoms. The summed E-state index contributed by atoms with van der Waals surface area (Å²) in [7, 11) is 0. The Hall–Kier alpha value is -1.35. The lowest BCUT2D eigenvalue weighted by Crippen LogP contribution is -2.35. The predicted molar refractivity (Wildman–Crippen MR) is 89.9 cm³/mol. The summed E-state index contributed by atoms with van der Waals surface area (Å²) >= 11 is 0. The molecule has 1 saturated heterocycles. The summed E-state index contributed by atoms with van der Waals surface area (Å²) in [5.41, 5.74) is 1.40. The molecule has 0 bridgehead atoms. The van der Waals surface area contributed by atoms with E-state index in [0.717, 1.165) is 45.4 Å². The highest BCUT2D eigenvalue weighted by Crippen LogP contribution is 2.10. The van der Waals surface area contributed by atoms with Crippen LogP contribution in [0.2, 0.25) is 0 Å². The van der Waals surface area contributed by atoms with Crippen molar-refractivity contribution in [3.05, 3.63) is 35.9 Å². The van der Waals surface area contributed by atoms with E-state index in [9.17, 15) is 4.79 Å². The van der Waals surface area contributed by atoms with Crippen molar-refractivity contribution in [1.82, 2.24) is 4.90 Å². The molecule has 1 aliphatic rings. The van der Waals surface area contributed by atoms with Crippen LogP contribution in [0.4, 0.5) is 0 Å². The third-order valence-electron chi connectivity index (χ3n) is 4.24. The zero-order valence-corrected chi connectivity index (χ0v) is 13.6. The number of ether oxygens (including phenoxy) is 1. The van der Waals surface area contributed by atoms with E-state index in [1.54, 1.807) is 0 Å². The lowest BCUT2D eigenvalue weighted by atomic mass is 10.1. The zero-order valence-electron chi connectivity index (χ0n) is 13.6. The molecule has 3 nitrogen and oxygen atoms in total. The number of rotatable bonds is 9. The zero-order chi connectivity index (χ0) is 15.5. The monoisotopic (exact) mass is 303 g/mol. The minimum atomic E-state index is 0.312. The summed E-state index contributed by atoms with van der Waals surface area (Å²) < 4.78 is 5.64. The molecule has 1 aliphatic heterocycles. The van der Waals surface area contributed by atoms with Crippen molar-refractivity contribution in [3.8, 4) is 0 Å². The quantitative estimate of drug-likeness (QED) is 0.649. The number of carbonyl (C=O) groups excluding carboxylic acids is 1. The molecule has 1 amide bonds. The molecule has 0 radical (unpaired) electrons. The highest BCUT2D eigenvalue weighted by molar-refractivity contribution is 5.76. The lowest BCUT2D eigenvalue weighted by molar-refractivity contribution is -0.132. The smallest absolute Gasteiger partial charge is 0.222 e. The van der Waals surface area contributed by atoms with Crippen molar-refractivity contribution in [1.29, 1.82) is 0 Å². The highest BCUT2D eigenvalue weighted by Gasteiger charge is 2.15. The van der Waals surface area contributed by atoms with E-state index in [4.69, 9.17) is 4.74 Å². The Balaban J connectivity index is 1.42. The van der Waals surface area contributed by atoms with Crippen LogP contribution >= 0.6 is 0 Å². The predicted octanol–water partition coefficient (Wildman–Crippen LogP) is 3.82. The maximum Gasteiger partial charge on any atom is 0.222 e. The van der Waals surface area contributed by atoms with Crippen LogP contribution in [0.25, 0.3) is 0 Å². The second kappa shape index (κ2) is 10.4. The van der Waals surface area contributed by atoms with Crippen LogP contribution < -0.4 is 0 Å². The number of benzene rings is 1. The third kappa shape index (κ3) is 6.61. The number of hydrogen-bond donors (Lipinski definition) is 0. The van der Waals surface area contributed by atoms with Gasteiger partial charge in [0.05, 0.1) is 0 Å². The number of nitrogens with zero attached hydrogens (tertiary/aromatic N) is 1. The first kappa shape index (κ1) is 17.0. The molecule has 0 saturated carbocycles. The molecule has 1 heterocycles. The van der Waals surface area contributed by atoms with Crippen LogP contribution in [-0.2, 0) is 16.0 Å². The molecule has 1 aromatic rings. The first-order chi connectivity index (χ1) is 10.9. The van der Waals surface area contributed by atoms with Gasteiger partial charge in [-0.2, -0.15) is 0 Å². The summed E-state index contributed by atoms with van der Waals surface area (Å²) in [6, 6.07) is 10.6. The molecule has 0 N–H and O–H groups in total. The van der Waals surface area contributed by atoms with Gasteiger partial charge in [0.15, 0.2) is 0 Å².